The standard InChI is InChI=1S/C35H43N7O2S/c1-22(2)10-15-27(23-11-13-24(14-12-23)32(43)36-21-30-38-40-41-39-30)42-33(44)31(29-20-25-8-6-7-9-28(25)45-29)37-35(42)18-16-26(17-19-35)34(3,4)5/h6-9,11-14,20,22,26-27H,10,15-19,21H2,1-5H3,(H,36,43)(H,38,39,40,41)/t26?,27-,35?/m1/s1. The van der Waals surface area contributed by atoms with Gasteiger partial charge in [0, 0.05) is 10.3 Å². The molecule has 45 heavy (non-hydrogen) atoms. The topological polar surface area (TPSA) is 116 Å². The van der Waals surface area contributed by atoms with E-state index in [9.17, 15) is 9.59 Å². The molecule has 1 aliphatic carbocycles. The summed E-state index contributed by atoms with van der Waals surface area (Å²) in [5.41, 5.74) is 1.80. The minimum Gasteiger partial charge on any atom is -0.345 e. The smallest absolute Gasteiger partial charge is 0.276 e. The van der Waals surface area contributed by atoms with Crippen molar-refractivity contribution < 1.29 is 9.59 Å². The van der Waals surface area contributed by atoms with Gasteiger partial charge in [-0.25, -0.2) is 4.99 Å². The van der Waals surface area contributed by atoms with Crippen LogP contribution < -0.4 is 5.32 Å². The number of hydrogen-bond acceptors (Lipinski definition) is 7. The minimum atomic E-state index is -0.577. The van der Waals surface area contributed by atoms with Crippen LogP contribution in [0.4, 0.5) is 0 Å². The third kappa shape index (κ3) is 6.43. The van der Waals surface area contributed by atoms with Crippen LogP contribution in [0.2, 0.25) is 0 Å². The third-order valence-corrected chi connectivity index (χ3v) is 10.7. The highest BCUT2D eigenvalue weighted by Gasteiger charge is 2.53. The van der Waals surface area contributed by atoms with E-state index in [1.807, 2.05) is 36.4 Å². The molecule has 2 aromatic carbocycles. The molecule has 0 unspecified atom stereocenters. The molecule has 1 spiro atoms. The molecule has 3 heterocycles. The first-order valence-corrected chi connectivity index (χ1v) is 16.9. The second-order valence-electron chi connectivity index (χ2n) is 14.0. The summed E-state index contributed by atoms with van der Waals surface area (Å²) in [6.45, 7) is 11.6. The van der Waals surface area contributed by atoms with E-state index in [0.717, 1.165) is 59.1 Å². The third-order valence-electron chi connectivity index (χ3n) is 9.54. The lowest BCUT2D eigenvalue weighted by atomic mass is 9.69. The molecule has 2 aromatic heterocycles. The van der Waals surface area contributed by atoms with Crippen molar-refractivity contribution in [3.05, 3.63) is 76.4 Å². The Balaban J connectivity index is 1.34. The van der Waals surface area contributed by atoms with Gasteiger partial charge in [0.25, 0.3) is 11.8 Å². The molecule has 4 aromatic rings. The van der Waals surface area contributed by atoms with E-state index in [1.54, 1.807) is 11.3 Å². The molecule has 1 fully saturated rings. The number of rotatable bonds is 9. The maximum Gasteiger partial charge on any atom is 0.276 e. The number of carbonyl (C=O) groups is 2. The van der Waals surface area contributed by atoms with E-state index in [2.05, 4.69) is 83.7 Å². The van der Waals surface area contributed by atoms with Crippen molar-refractivity contribution in [2.24, 2.45) is 22.2 Å². The fourth-order valence-electron chi connectivity index (χ4n) is 6.91. The largest absolute Gasteiger partial charge is 0.345 e. The highest BCUT2D eigenvalue weighted by molar-refractivity contribution is 7.21. The lowest BCUT2D eigenvalue weighted by Gasteiger charge is -2.47. The van der Waals surface area contributed by atoms with Crippen molar-refractivity contribution in [1.29, 1.82) is 0 Å². The van der Waals surface area contributed by atoms with E-state index in [1.165, 1.54) is 0 Å². The van der Waals surface area contributed by atoms with Gasteiger partial charge in [-0.15, -0.1) is 21.5 Å². The summed E-state index contributed by atoms with van der Waals surface area (Å²) in [5.74, 6) is 1.29. The average Bonchev–Trinajstić information content (AvgIpc) is 3.75. The van der Waals surface area contributed by atoms with Gasteiger partial charge in [0.15, 0.2) is 5.82 Å². The summed E-state index contributed by atoms with van der Waals surface area (Å²) >= 11 is 1.65. The summed E-state index contributed by atoms with van der Waals surface area (Å²) in [7, 11) is 0. The van der Waals surface area contributed by atoms with E-state index in [4.69, 9.17) is 4.99 Å². The Labute approximate surface area is 268 Å². The van der Waals surface area contributed by atoms with Crippen LogP contribution in [0.1, 0.15) is 106 Å². The molecule has 6 rings (SSSR count). The SMILES string of the molecule is CC(C)CC[C@H](c1ccc(C(=O)NCc2nn[nH]n2)cc1)N1C(=O)C(c2cc3ccccc3s2)=NC12CCC(C(C)(C)C)CC2. The number of hydrogen-bond donors (Lipinski definition) is 2. The summed E-state index contributed by atoms with van der Waals surface area (Å²) in [5, 5.41) is 17.7. The number of aromatic amines is 1. The molecule has 0 bridgehead atoms. The zero-order valence-electron chi connectivity index (χ0n) is 26.8. The molecular formula is C35H43N7O2S. The Morgan fingerprint density at radius 2 is 1.82 bits per heavy atom. The Bertz CT molecular complexity index is 1640. The van der Waals surface area contributed by atoms with Crippen LogP contribution in [0.3, 0.4) is 0 Å². The lowest BCUT2D eigenvalue weighted by Crippen LogP contribution is -2.51. The second-order valence-corrected chi connectivity index (χ2v) is 15.1. The number of nitrogens with zero attached hydrogens (tertiary/aromatic N) is 5. The Kier molecular flexibility index (Phi) is 8.61. The predicted molar refractivity (Wildman–Crippen MR) is 178 cm³/mol. The fourth-order valence-corrected chi connectivity index (χ4v) is 7.96. The number of tetrazole rings is 1. The maximum atomic E-state index is 14.7. The second kappa shape index (κ2) is 12.5. The number of thiophene rings is 1. The van der Waals surface area contributed by atoms with E-state index in [0.29, 0.717) is 28.9 Å². The summed E-state index contributed by atoms with van der Waals surface area (Å²) < 4.78 is 1.16. The molecule has 2 aliphatic rings. The number of H-pyrrole nitrogens is 1. The molecule has 10 heteroatoms. The van der Waals surface area contributed by atoms with Crippen LogP contribution in [0.5, 0.6) is 0 Å². The van der Waals surface area contributed by atoms with Gasteiger partial charge in [0.05, 0.1) is 17.5 Å². The molecule has 236 valence electrons. The van der Waals surface area contributed by atoms with Gasteiger partial charge in [-0.05, 0) is 91.0 Å². The van der Waals surface area contributed by atoms with Gasteiger partial charge in [-0.1, -0.05) is 70.2 Å². The first-order valence-electron chi connectivity index (χ1n) is 16.1. The highest BCUT2D eigenvalue weighted by atomic mass is 32.1. The maximum absolute atomic E-state index is 14.7. The van der Waals surface area contributed by atoms with Crippen molar-refractivity contribution in [2.75, 3.05) is 0 Å². The summed E-state index contributed by atoms with van der Waals surface area (Å²) in [4.78, 5) is 36.1. The molecule has 1 saturated carbocycles. The molecule has 0 saturated heterocycles. The number of aromatic nitrogens is 4. The van der Waals surface area contributed by atoms with Gasteiger partial charge >= 0.3 is 0 Å². The number of fused-ring (bicyclic) bond motifs is 1. The number of aliphatic imine (C=N–C) groups is 1. The molecule has 0 radical (unpaired) electrons. The summed E-state index contributed by atoms with van der Waals surface area (Å²) in [6, 6.07) is 18.0. The van der Waals surface area contributed by atoms with Crippen LogP contribution >= 0.6 is 11.3 Å². The first-order chi connectivity index (χ1) is 21.5. The van der Waals surface area contributed by atoms with Crippen LogP contribution in [0.15, 0.2) is 59.6 Å². The van der Waals surface area contributed by atoms with Crippen molar-refractivity contribution in [3.8, 4) is 0 Å². The molecule has 1 atom stereocenters. The van der Waals surface area contributed by atoms with Gasteiger partial charge in [-0.3, -0.25) is 9.59 Å². The van der Waals surface area contributed by atoms with Gasteiger partial charge < -0.3 is 10.2 Å². The van der Waals surface area contributed by atoms with Gasteiger partial charge in [0.1, 0.15) is 11.4 Å². The van der Waals surface area contributed by atoms with E-state index >= 15 is 0 Å². The van der Waals surface area contributed by atoms with Crippen LogP contribution in [0.25, 0.3) is 10.1 Å². The quantitative estimate of drug-likeness (QED) is 0.206. The fraction of sp³-hybridized carbons (Fsp3) is 0.486. The highest BCUT2D eigenvalue weighted by Crippen LogP contribution is 2.50. The van der Waals surface area contributed by atoms with Crippen molar-refractivity contribution in [1.82, 2.24) is 30.8 Å². The van der Waals surface area contributed by atoms with Crippen molar-refractivity contribution in [3.63, 3.8) is 0 Å². The van der Waals surface area contributed by atoms with Gasteiger partial charge in [-0.2, -0.15) is 5.21 Å². The van der Waals surface area contributed by atoms with Crippen molar-refractivity contribution >= 4 is 38.9 Å². The number of nitrogens with one attached hydrogen (secondary N) is 2. The normalized spacial score (nSPS) is 21.1. The van der Waals surface area contributed by atoms with Crippen LogP contribution in [-0.4, -0.2) is 48.7 Å². The van der Waals surface area contributed by atoms with Crippen molar-refractivity contribution in [2.45, 2.75) is 91.4 Å². The van der Waals surface area contributed by atoms with Crippen LogP contribution in [0, 0.1) is 17.3 Å². The lowest BCUT2D eigenvalue weighted by molar-refractivity contribution is -0.133. The predicted octanol–water partition coefficient (Wildman–Crippen LogP) is 7.09. The number of amides is 2. The molecule has 1 aliphatic heterocycles. The Hall–Kier alpha value is -3.92. The van der Waals surface area contributed by atoms with Crippen LogP contribution in [-0.2, 0) is 11.3 Å². The molecule has 2 amide bonds. The first kappa shape index (κ1) is 31.1. The molecular weight excluding hydrogens is 582 g/mol. The van der Waals surface area contributed by atoms with E-state index < -0.39 is 5.66 Å². The van der Waals surface area contributed by atoms with Gasteiger partial charge in [0.2, 0.25) is 0 Å². The zero-order valence-corrected chi connectivity index (χ0v) is 27.7. The monoisotopic (exact) mass is 625 g/mol. The number of carbonyl (C=O) groups excluding carboxylic acids is 2. The zero-order chi connectivity index (χ0) is 31.8. The van der Waals surface area contributed by atoms with E-state index in [-0.39, 0.29) is 29.8 Å². The molecule has 2 N–H and O–H groups in total. The Morgan fingerprint density at radius 3 is 2.47 bits per heavy atom. The summed E-state index contributed by atoms with van der Waals surface area (Å²) in [6.07, 6.45) is 5.57. The minimum absolute atomic E-state index is 0.0199. The Morgan fingerprint density at radius 1 is 1.09 bits per heavy atom. The number of benzene rings is 2. The average molecular weight is 626 g/mol. The molecule has 9 nitrogen and oxygen atoms in total.